The summed E-state index contributed by atoms with van der Waals surface area (Å²) in [5.41, 5.74) is 1.63. The molecule has 1 N–H and O–H groups in total. The van der Waals surface area contributed by atoms with E-state index in [0.717, 1.165) is 17.7 Å². The number of carbonyl (C=O) groups is 1. The van der Waals surface area contributed by atoms with Gasteiger partial charge in [-0.2, -0.15) is 0 Å². The molecule has 0 bridgehead atoms. The first kappa shape index (κ1) is 15.0. The fourth-order valence-electron chi connectivity index (χ4n) is 2.92. The van der Waals surface area contributed by atoms with Crippen molar-refractivity contribution in [3.05, 3.63) is 29.3 Å². The highest BCUT2D eigenvalue weighted by molar-refractivity contribution is 5.94. The summed E-state index contributed by atoms with van der Waals surface area (Å²) in [7, 11) is 0. The van der Waals surface area contributed by atoms with Gasteiger partial charge in [-0.15, -0.1) is 0 Å². The van der Waals surface area contributed by atoms with Gasteiger partial charge >= 0.3 is 0 Å². The Hall–Kier alpha value is -1.35. The van der Waals surface area contributed by atoms with Crippen molar-refractivity contribution in [2.45, 2.75) is 52.1 Å². The van der Waals surface area contributed by atoms with Gasteiger partial charge in [-0.1, -0.05) is 25.7 Å². The van der Waals surface area contributed by atoms with Gasteiger partial charge in [0.05, 0.1) is 6.10 Å². The molecule has 110 valence electrons. The average Bonchev–Trinajstić information content (AvgIpc) is 2.90. The molecule has 20 heavy (non-hydrogen) atoms. The molecule has 0 spiro atoms. The van der Waals surface area contributed by atoms with Crippen LogP contribution in [0.3, 0.4) is 0 Å². The van der Waals surface area contributed by atoms with Crippen LogP contribution in [0.2, 0.25) is 0 Å². The Bertz CT molecular complexity index is 461. The first-order valence-corrected chi connectivity index (χ1v) is 7.48. The van der Waals surface area contributed by atoms with Crippen molar-refractivity contribution < 1.29 is 14.6 Å². The molecule has 0 saturated heterocycles. The Morgan fingerprint density at radius 3 is 2.70 bits per heavy atom. The summed E-state index contributed by atoms with van der Waals surface area (Å²) in [6.45, 7) is 3.81. The highest BCUT2D eigenvalue weighted by atomic mass is 16.5. The van der Waals surface area contributed by atoms with E-state index in [0.29, 0.717) is 18.1 Å². The molecule has 3 heteroatoms. The van der Waals surface area contributed by atoms with Crippen molar-refractivity contribution in [2.75, 3.05) is 6.61 Å². The molecule has 1 aliphatic rings. The first-order chi connectivity index (χ1) is 9.56. The zero-order valence-electron chi connectivity index (χ0n) is 12.4. The Morgan fingerprint density at radius 2 is 2.10 bits per heavy atom. The molecule has 1 aromatic rings. The van der Waals surface area contributed by atoms with Crippen molar-refractivity contribution in [3.8, 4) is 5.75 Å². The summed E-state index contributed by atoms with van der Waals surface area (Å²) in [5.74, 6) is 1.47. The van der Waals surface area contributed by atoms with Crippen LogP contribution in [0.1, 0.15) is 54.9 Å². The van der Waals surface area contributed by atoms with Crippen LogP contribution in [-0.4, -0.2) is 23.6 Å². The number of benzene rings is 1. The Morgan fingerprint density at radius 1 is 1.40 bits per heavy atom. The van der Waals surface area contributed by atoms with Crippen molar-refractivity contribution in [1.29, 1.82) is 0 Å². The summed E-state index contributed by atoms with van der Waals surface area (Å²) in [6, 6.07) is 5.42. The predicted octanol–water partition coefficient (Wildman–Crippen LogP) is 3.52. The second-order valence-corrected chi connectivity index (χ2v) is 5.89. The van der Waals surface area contributed by atoms with Gasteiger partial charge in [0.15, 0.2) is 5.78 Å². The quantitative estimate of drug-likeness (QED) is 0.809. The maximum atomic E-state index is 11.3. The molecule has 0 aromatic heterocycles. The first-order valence-electron chi connectivity index (χ1n) is 7.48. The van der Waals surface area contributed by atoms with E-state index in [1.807, 2.05) is 19.1 Å². The van der Waals surface area contributed by atoms with E-state index in [9.17, 15) is 9.90 Å². The van der Waals surface area contributed by atoms with Gasteiger partial charge in [0.2, 0.25) is 0 Å². The zero-order chi connectivity index (χ0) is 14.5. The van der Waals surface area contributed by atoms with Gasteiger partial charge in [0.25, 0.3) is 0 Å². The number of hydrogen-bond donors (Lipinski definition) is 1. The maximum absolute atomic E-state index is 11.3. The Kier molecular flexibility index (Phi) is 5.18. The van der Waals surface area contributed by atoms with Crippen LogP contribution >= 0.6 is 0 Å². The number of rotatable bonds is 6. The SMILES string of the molecule is CC(=O)c1ccc(OCC(O)CC2CCCC2)c(C)c1. The summed E-state index contributed by atoms with van der Waals surface area (Å²) < 4.78 is 5.68. The van der Waals surface area contributed by atoms with Crippen LogP contribution in [0.25, 0.3) is 0 Å². The number of Topliss-reactive ketones (excluding diaryl/α,β-unsaturated/α-hetero) is 1. The van der Waals surface area contributed by atoms with E-state index in [2.05, 4.69) is 0 Å². The van der Waals surface area contributed by atoms with Crippen LogP contribution in [0.5, 0.6) is 5.75 Å². The van der Waals surface area contributed by atoms with Crippen molar-refractivity contribution in [3.63, 3.8) is 0 Å². The standard InChI is InChI=1S/C17H24O3/c1-12-9-15(13(2)18)7-8-17(12)20-11-16(19)10-14-5-3-4-6-14/h7-9,14,16,19H,3-6,10-11H2,1-2H3. The number of hydrogen-bond acceptors (Lipinski definition) is 3. The van der Waals surface area contributed by atoms with Crippen LogP contribution < -0.4 is 4.74 Å². The van der Waals surface area contributed by atoms with E-state index in [-0.39, 0.29) is 5.78 Å². The molecule has 1 aliphatic carbocycles. The van der Waals surface area contributed by atoms with Gasteiger partial charge in [0.1, 0.15) is 12.4 Å². The van der Waals surface area contributed by atoms with E-state index in [4.69, 9.17) is 4.74 Å². The second kappa shape index (κ2) is 6.89. The highest BCUT2D eigenvalue weighted by Crippen LogP contribution is 2.29. The molecule has 0 heterocycles. The third-order valence-corrected chi connectivity index (χ3v) is 4.09. The van der Waals surface area contributed by atoms with E-state index in [1.165, 1.54) is 25.7 Å². The molecular formula is C17H24O3. The normalized spacial score (nSPS) is 17.1. The van der Waals surface area contributed by atoms with Crippen molar-refractivity contribution >= 4 is 5.78 Å². The molecule has 3 nitrogen and oxygen atoms in total. The zero-order valence-corrected chi connectivity index (χ0v) is 12.4. The lowest BCUT2D eigenvalue weighted by molar-refractivity contribution is 0.0852. The van der Waals surface area contributed by atoms with E-state index < -0.39 is 6.10 Å². The van der Waals surface area contributed by atoms with Gasteiger partial charge in [-0.25, -0.2) is 0 Å². The van der Waals surface area contributed by atoms with Crippen LogP contribution in [-0.2, 0) is 0 Å². The lowest BCUT2D eigenvalue weighted by Gasteiger charge is -2.17. The summed E-state index contributed by atoms with van der Waals surface area (Å²) in [6.07, 6.45) is 5.51. The smallest absolute Gasteiger partial charge is 0.159 e. The molecular weight excluding hydrogens is 252 g/mol. The van der Waals surface area contributed by atoms with E-state index >= 15 is 0 Å². The maximum Gasteiger partial charge on any atom is 0.159 e. The third-order valence-electron chi connectivity index (χ3n) is 4.09. The molecule has 0 amide bonds. The van der Waals surface area contributed by atoms with Gasteiger partial charge < -0.3 is 9.84 Å². The summed E-state index contributed by atoms with van der Waals surface area (Å²) >= 11 is 0. The van der Waals surface area contributed by atoms with Gasteiger partial charge in [0, 0.05) is 5.56 Å². The van der Waals surface area contributed by atoms with E-state index in [1.54, 1.807) is 13.0 Å². The Balaban J connectivity index is 1.85. The summed E-state index contributed by atoms with van der Waals surface area (Å²) in [5, 5.41) is 10.0. The fourth-order valence-corrected chi connectivity index (χ4v) is 2.92. The third kappa shape index (κ3) is 4.07. The largest absolute Gasteiger partial charge is 0.491 e. The Labute approximate surface area is 121 Å². The van der Waals surface area contributed by atoms with Crippen molar-refractivity contribution in [1.82, 2.24) is 0 Å². The minimum Gasteiger partial charge on any atom is -0.491 e. The fraction of sp³-hybridized carbons (Fsp3) is 0.588. The molecule has 1 atom stereocenters. The van der Waals surface area contributed by atoms with Crippen LogP contribution in [0.4, 0.5) is 0 Å². The number of aryl methyl sites for hydroxylation is 1. The van der Waals surface area contributed by atoms with Gasteiger partial charge in [-0.3, -0.25) is 4.79 Å². The molecule has 1 saturated carbocycles. The number of aliphatic hydroxyl groups excluding tert-OH is 1. The number of ether oxygens (including phenoxy) is 1. The minimum absolute atomic E-state index is 0.0564. The molecule has 1 fully saturated rings. The topological polar surface area (TPSA) is 46.5 Å². The van der Waals surface area contributed by atoms with Crippen LogP contribution in [0, 0.1) is 12.8 Å². The predicted molar refractivity (Wildman–Crippen MR) is 79.3 cm³/mol. The highest BCUT2D eigenvalue weighted by Gasteiger charge is 2.19. The monoisotopic (exact) mass is 276 g/mol. The lowest BCUT2D eigenvalue weighted by Crippen LogP contribution is -2.20. The molecule has 1 aromatic carbocycles. The summed E-state index contributed by atoms with van der Waals surface area (Å²) in [4.78, 5) is 11.3. The van der Waals surface area contributed by atoms with Gasteiger partial charge in [-0.05, 0) is 49.9 Å². The molecule has 2 rings (SSSR count). The minimum atomic E-state index is -0.398. The second-order valence-electron chi connectivity index (χ2n) is 5.89. The van der Waals surface area contributed by atoms with Crippen molar-refractivity contribution in [2.24, 2.45) is 5.92 Å². The number of ketones is 1. The number of aliphatic hydroxyl groups is 1. The van der Waals surface area contributed by atoms with Crippen LogP contribution in [0.15, 0.2) is 18.2 Å². The molecule has 0 radical (unpaired) electrons. The molecule has 0 aliphatic heterocycles. The average molecular weight is 276 g/mol. The lowest BCUT2D eigenvalue weighted by atomic mass is 10.0. The molecule has 1 unspecified atom stereocenters. The number of carbonyl (C=O) groups excluding carboxylic acids is 1.